The fourth-order valence-electron chi connectivity index (χ4n) is 5.64. The Morgan fingerprint density at radius 3 is 1.98 bits per heavy atom. The van der Waals surface area contributed by atoms with E-state index in [0.717, 1.165) is 38.5 Å². The lowest BCUT2D eigenvalue weighted by Crippen LogP contribution is -2.27. The molecular weight excluding hydrogens is 665 g/mol. The standard InChI is InChI=1S/C41H74NO8P/c1-3-5-7-8-9-10-11-12-13-16-19-22-25-29-34-46-36-38(37-48-51(44,45)47-35-33-42)49-41(43)32-28-24-21-18-15-14-17-20-23-27-31-40-39(50-40)30-26-6-4-2/h14,17-18,21,23,27,29,34,38-40H,3-13,15-16,19-20,22,24-26,28,30-33,35-37,42H2,1-2H3,(H,44,45)/b17-14-,21-18-,27-23-,34-29+/t38-,39?,40?/m1/s1. The van der Waals surface area contributed by atoms with Crippen LogP contribution in [-0.4, -0.2) is 55.5 Å². The highest BCUT2D eigenvalue weighted by atomic mass is 31.2. The monoisotopic (exact) mass is 740 g/mol. The summed E-state index contributed by atoms with van der Waals surface area (Å²) in [7, 11) is -4.31. The summed E-state index contributed by atoms with van der Waals surface area (Å²) in [5.41, 5.74) is 5.35. The minimum absolute atomic E-state index is 0.00687. The lowest BCUT2D eigenvalue weighted by atomic mass is 10.0. The van der Waals surface area contributed by atoms with Gasteiger partial charge in [-0.1, -0.05) is 140 Å². The molecule has 1 aliphatic rings. The Kier molecular flexibility index (Phi) is 31.6. The highest BCUT2D eigenvalue weighted by Crippen LogP contribution is 2.43. The molecule has 0 amide bonds. The van der Waals surface area contributed by atoms with Gasteiger partial charge in [0.25, 0.3) is 0 Å². The highest BCUT2D eigenvalue weighted by molar-refractivity contribution is 7.47. The maximum atomic E-state index is 12.5. The minimum Gasteiger partial charge on any atom is -0.498 e. The second-order valence-corrected chi connectivity index (χ2v) is 15.1. The van der Waals surface area contributed by atoms with Gasteiger partial charge in [0.2, 0.25) is 0 Å². The van der Waals surface area contributed by atoms with Gasteiger partial charge in [0.15, 0.2) is 6.10 Å². The molecule has 0 aromatic heterocycles. The molecule has 1 rings (SSSR count). The average Bonchev–Trinajstić information content (AvgIpc) is 3.87. The Morgan fingerprint density at radius 2 is 1.31 bits per heavy atom. The first-order chi connectivity index (χ1) is 24.9. The van der Waals surface area contributed by atoms with Gasteiger partial charge in [-0.15, -0.1) is 0 Å². The Labute approximate surface area is 311 Å². The van der Waals surface area contributed by atoms with Crippen molar-refractivity contribution in [2.24, 2.45) is 5.73 Å². The zero-order valence-electron chi connectivity index (χ0n) is 32.3. The van der Waals surface area contributed by atoms with Crippen molar-refractivity contribution in [2.45, 2.75) is 180 Å². The van der Waals surface area contributed by atoms with E-state index in [1.54, 1.807) is 6.26 Å². The fourth-order valence-corrected chi connectivity index (χ4v) is 6.40. The van der Waals surface area contributed by atoms with Crippen LogP contribution in [0, 0.1) is 0 Å². The van der Waals surface area contributed by atoms with Gasteiger partial charge in [-0.2, -0.15) is 0 Å². The number of rotatable bonds is 37. The average molecular weight is 740 g/mol. The third-order valence-electron chi connectivity index (χ3n) is 8.74. The fraction of sp³-hybridized carbons (Fsp3) is 0.780. The van der Waals surface area contributed by atoms with Gasteiger partial charge in [-0.05, 0) is 57.4 Å². The van der Waals surface area contributed by atoms with Gasteiger partial charge < -0.3 is 24.8 Å². The van der Waals surface area contributed by atoms with Crippen LogP contribution < -0.4 is 5.73 Å². The van der Waals surface area contributed by atoms with Crippen molar-refractivity contribution in [3.05, 3.63) is 48.8 Å². The number of carbonyl (C=O) groups is 1. The van der Waals surface area contributed by atoms with Gasteiger partial charge in [0.1, 0.15) is 6.61 Å². The lowest BCUT2D eigenvalue weighted by Gasteiger charge is -2.19. The van der Waals surface area contributed by atoms with E-state index in [2.05, 4.69) is 50.3 Å². The summed E-state index contributed by atoms with van der Waals surface area (Å²) in [6.45, 7) is 4.13. The van der Waals surface area contributed by atoms with E-state index in [9.17, 15) is 14.3 Å². The maximum absolute atomic E-state index is 12.5. The van der Waals surface area contributed by atoms with Crippen molar-refractivity contribution < 1.29 is 37.5 Å². The number of carbonyl (C=O) groups excluding carboxylic acids is 1. The molecule has 0 aromatic carbocycles. The van der Waals surface area contributed by atoms with E-state index in [0.29, 0.717) is 18.6 Å². The predicted molar refractivity (Wildman–Crippen MR) is 209 cm³/mol. The van der Waals surface area contributed by atoms with Crippen molar-refractivity contribution in [2.75, 3.05) is 26.4 Å². The third-order valence-corrected chi connectivity index (χ3v) is 9.72. The summed E-state index contributed by atoms with van der Waals surface area (Å²) in [6, 6.07) is 0. The number of phosphoric acid groups is 1. The Balaban J connectivity index is 2.21. The second-order valence-electron chi connectivity index (χ2n) is 13.6. The number of unbranched alkanes of at least 4 members (excludes halogenated alkanes) is 15. The third kappa shape index (κ3) is 31.5. The lowest BCUT2D eigenvalue weighted by molar-refractivity contribution is -0.153. The number of phosphoric ester groups is 1. The number of hydrogen-bond acceptors (Lipinski definition) is 8. The molecule has 3 unspecified atom stereocenters. The van der Waals surface area contributed by atoms with Crippen molar-refractivity contribution in [1.29, 1.82) is 0 Å². The van der Waals surface area contributed by atoms with Crippen LogP contribution >= 0.6 is 7.82 Å². The number of allylic oxidation sites excluding steroid dienone is 6. The van der Waals surface area contributed by atoms with Crippen LogP contribution in [-0.2, 0) is 32.6 Å². The molecule has 4 atom stereocenters. The topological polar surface area (TPSA) is 130 Å². The van der Waals surface area contributed by atoms with Crippen molar-refractivity contribution in [3.8, 4) is 0 Å². The zero-order valence-corrected chi connectivity index (χ0v) is 33.2. The molecule has 0 radical (unpaired) electrons. The highest BCUT2D eigenvalue weighted by Gasteiger charge is 2.36. The molecule has 1 aliphatic heterocycles. The Morgan fingerprint density at radius 1 is 0.725 bits per heavy atom. The number of esters is 1. The van der Waals surface area contributed by atoms with Crippen LogP contribution in [0.3, 0.4) is 0 Å². The number of nitrogens with two attached hydrogens (primary N) is 1. The largest absolute Gasteiger partial charge is 0.498 e. The molecule has 10 heteroatoms. The van der Waals surface area contributed by atoms with E-state index in [1.165, 1.54) is 96.3 Å². The molecule has 296 valence electrons. The molecule has 1 heterocycles. The van der Waals surface area contributed by atoms with E-state index in [-0.39, 0.29) is 32.8 Å². The first-order valence-corrected chi connectivity index (χ1v) is 21.8. The van der Waals surface area contributed by atoms with Crippen LogP contribution in [0.4, 0.5) is 0 Å². The summed E-state index contributed by atoms with van der Waals surface area (Å²) in [5, 5.41) is 0. The molecule has 1 saturated heterocycles. The normalized spacial score (nSPS) is 18.0. The molecule has 9 nitrogen and oxygen atoms in total. The van der Waals surface area contributed by atoms with E-state index < -0.39 is 19.9 Å². The molecule has 3 N–H and O–H groups in total. The number of hydrogen-bond donors (Lipinski definition) is 2. The van der Waals surface area contributed by atoms with Crippen molar-refractivity contribution in [1.82, 2.24) is 0 Å². The van der Waals surface area contributed by atoms with Crippen LogP contribution in [0.5, 0.6) is 0 Å². The zero-order chi connectivity index (χ0) is 37.1. The van der Waals surface area contributed by atoms with Crippen molar-refractivity contribution in [3.63, 3.8) is 0 Å². The molecule has 0 bridgehead atoms. The van der Waals surface area contributed by atoms with Gasteiger partial charge >= 0.3 is 13.8 Å². The van der Waals surface area contributed by atoms with Crippen LogP contribution in [0.15, 0.2) is 48.8 Å². The van der Waals surface area contributed by atoms with Crippen LogP contribution in [0.25, 0.3) is 0 Å². The second kappa shape index (κ2) is 34.1. The molecule has 0 aromatic rings. The quantitative estimate of drug-likeness (QED) is 0.0160. The molecule has 0 saturated carbocycles. The van der Waals surface area contributed by atoms with E-state index in [1.807, 2.05) is 6.08 Å². The first-order valence-electron chi connectivity index (χ1n) is 20.3. The predicted octanol–water partition coefficient (Wildman–Crippen LogP) is 11.0. The van der Waals surface area contributed by atoms with Crippen LogP contribution in [0.2, 0.25) is 0 Å². The first kappa shape index (κ1) is 47.3. The smallest absolute Gasteiger partial charge is 0.472 e. The summed E-state index contributed by atoms with van der Waals surface area (Å²) in [5.74, 6) is -0.410. The van der Waals surface area contributed by atoms with Crippen molar-refractivity contribution >= 4 is 13.8 Å². The minimum atomic E-state index is -4.31. The SMILES string of the molecule is CCCCCCCCCCCCCC/C=C/OC[C@H](COP(=O)(O)OCCN)OC(=O)CCC/C=C\C/C=C\C/C=C\CC1OC1CCCCC. The van der Waals surface area contributed by atoms with Gasteiger partial charge in [-0.3, -0.25) is 13.8 Å². The van der Waals surface area contributed by atoms with Gasteiger partial charge in [0.05, 0.1) is 31.7 Å². The molecule has 51 heavy (non-hydrogen) atoms. The summed E-state index contributed by atoms with van der Waals surface area (Å²) < 4.78 is 38.8. The molecule has 1 fully saturated rings. The summed E-state index contributed by atoms with van der Waals surface area (Å²) in [6.07, 6.45) is 42.6. The van der Waals surface area contributed by atoms with Gasteiger partial charge in [0, 0.05) is 13.0 Å². The molecule has 0 aliphatic carbocycles. The number of epoxide rings is 1. The summed E-state index contributed by atoms with van der Waals surface area (Å²) in [4.78, 5) is 22.4. The van der Waals surface area contributed by atoms with E-state index in [4.69, 9.17) is 29.0 Å². The Hall–Kier alpha value is -1.74. The Bertz CT molecular complexity index is 985. The van der Waals surface area contributed by atoms with Crippen LogP contribution in [0.1, 0.15) is 162 Å². The molecular formula is C41H74NO8P. The maximum Gasteiger partial charge on any atom is 0.472 e. The summed E-state index contributed by atoms with van der Waals surface area (Å²) >= 11 is 0. The molecule has 0 spiro atoms. The van der Waals surface area contributed by atoms with E-state index >= 15 is 0 Å². The number of ether oxygens (including phenoxy) is 3. The van der Waals surface area contributed by atoms with Gasteiger partial charge in [-0.25, -0.2) is 4.57 Å².